The molecule has 0 bridgehead atoms. The highest BCUT2D eigenvalue weighted by molar-refractivity contribution is 7.17. The van der Waals surface area contributed by atoms with Gasteiger partial charge in [-0.05, 0) is 6.92 Å². The van der Waals surface area contributed by atoms with Crippen molar-refractivity contribution in [2.75, 3.05) is 23.3 Å². The molecular formula is C17H15F3N6O2S2. The summed E-state index contributed by atoms with van der Waals surface area (Å²) < 4.78 is 37.7. The first-order valence-electron chi connectivity index (χ1n) is 8.72. The van der Waals surface area contributed by atoms with Crippen molar-refractivity contribution in [3.8, 4) is 10.6 Å². The second-order valence-corrected chi connectivity index (χ2v) is 8.52. The van der Waals surface area contributed by atoms with E-state index in [2.05, 4.69) is 25.3 Å². The molecule has 0 aliphatic carbocycles. The molecule has 1 aliphatic heterocycles. The number of nitrogens with one attached hydrogen (secondary N) is 1. The summed E-state index contributed by atoms with van der Waals surface area (Å²) in [6, 6.07) is 0. The van der Waals surface area contributed by atoms with Crippen molar-refractivity contribution >= 4 is 39.7 Å². The number of carbonyl (C=O) groups excluding carboxylic acids is 1. The van der Waals surface area contributed by atoms with Gasteiger partial charge < -0.3 is 15.3 Å². The Labute approximate surface area is 176 Å². The lowest BCUT2D eigenvalue weighted by Gasteiger charge is -2.37. The van der Waals surface area contributed by atoms with E-state index < -0.39 is 11.7 Å². The number of alkyl halides is 3. The fraction of sp³-hybridized carbons (Fsp3) is 0.353. The third kappa shape index (κ3) is 4.13. The van der Waals surface area contributed by atoms with Gasteiger partial charge in [0.1, 0.15) is 5.01 Å². The van der Waals surface area contributed by atoms with Crippen LogP contribution in [0.25, 0.3) is 10.6 Å². The molecule has 2 N–H and O–H groups in total. The van der Waals surface area contributed by atoms with Gasteiger partial charge in [0, 0.05) is 30.9 Å². The van der Waals surface area contributed by atoms with Crippen LogP contribution in [-0.2, 0) is 17.6 Å². The highest BCUT2D eigenvalue weighted by Crippen LogP contribution is 2.33. The second kappa shape index (κ2) is 7.89. The van der Waals surface area contributed by atoms with E-state index in [1.54, 1.807) is 10.3 Å². The number of halogens is 3. The van der Waals surface area contributed by atoms with Crippen LogP contribution in [-0.4, -0.2) is 44.0 Å². The summed E-state index contributed by atoms with van der Waals surface area (Å²) in [5, 5.41) is 14.8. The van der Waals surface area contributed by atoms with E-state index in [1.165, 1.54) is 22.7 Å². The number of rotatable bonds is 5. The van der Waals surface area contributed by atoms with E-state index in [-0.39, 0.29) is 24.4 Å². The third-order valence-electron chi connectivity index (χ3n) is 4.44. The summed E-state index contributed by atoms with van der Waals surface area (Å²) >= 11 is 2.63. The number of aliphatic hydroxyl groups excluding tert-OH is 1. The number of anilines is 2. The summed E-state index contributed by atoms with van der Waals surface area (Å²) in [6.07, 6.45) is -3.02. The van der Waals surface area contributed by atoms with Crippen LogP contribution in [0, 0.1) is 12.8 Å². The summed E-state index contributed by atoms with van der Waals surface area (Å²) in [7, 11) is 0. The topological polar surface area (TPSA) is 104 Å². The standard InChI is InChI=1S/C17H15F3N6O2S2/c1-8-13(30-12(6-27)23-8)11-7-29-16(24-11)25-14(28)9-4-26(5-9)15-21-2-10(3-22-15)17(18,19)20/h2-3,7,9,27H,4-6H2,1H3,(H,24,25,28). The van der Waals surface area contributed by atoms with Gasteiger partial charge in [-0.3, -0.25) is 4.79 Å². The Kier molecular flexibility index (Phi) is 5.42. The number of aromatic nitrogens is 4. The zero-order valence-electron chi connectivity index (χ0n) is 15.5. The molecule has 3 aromatic heterocycles. The van der Waals surface area contributed by atoms with Gasteiger partial charge in [0.05, 0.1) is 34.4 Å². The quantitative estimate of drug-likeness (QED) is 0.608. The lowest BCUT2D eigenvalue weighted by Crippen LogP contribution is -2.52. The van der Waals surface area contributed by atoms with Crippen molar-refractivity contribution in [2.45, 2.75) is 19.7 Å². The molecule has 0 atom stereocenters. The zero-order chi connectivity index (χ0) is 21.5. The molecule has 0 spiro atoms. The Morgan fingerprint density at radius 3 is 2.60 bits per heavy atom. The van der Waals surface area contributed by atoms with Gasteiger partial charge in [0.2, 0.25) is 11.9 Å². The number of hydrogen-bond donors (Lipinski definition) is 2. The fourth-order valence-electron chi connectivity index (χ4n) is 2.84. The predicted octanol–water partition coefficient (Wildman–Crippen LogP) is 2.95. The summed E-state index contributed by atoms with van der Waals surface area (Å²) in [5.41, 5.74) is 0.528. The molecule has 1 amide bonds. The fourth-order valence-corrected chi connectivity index (χ4v) is 4.50. The van der Waals surface area contributed by atoms with Gasteiger partial charge in [-0.2, -0.15) is 13.2 Å². The molecule has 1 fully saturated rings. The van der Waals surface area contributed by atoms with E-state index in [0.717, 1.165) is 23.0 Å². The highest BCUT2D eigenvalue weighted by atomic mass is 32.1. The number of nitrogens with zero attached hydrogens (tertiary/aromatic N) is 5. The van der Waals surface area contributed by atoms with Gasteiger partial charge in [-0.15, -0.1) is 22.7 Å². The minimum atomic E-state index is -4.49. The molecule has 8 nitrogen and oxygen atoms in total. The maximum Gasteiger partial charge on any atom is 0.419 e. The Hall–Kier alpha value is -2.64. The van der Waals surface area contributed by atoms with E-state index in [1.807, 2.05) is 6.92 Å². The number of aliphatic hydroxyl groups is 1. The highest BCUT2D eigenvalue weighted by Gasteiger charge is 2.36. The van der Waals surface area contributed by atoms with Crippen molar-refractivity contribution in [2.24, 2.45) is 5.92 Å². The monoisotopic (exact) mass is 456 g/mol. The molecule has 0 radical (unpaired) electrons. The lowest BCUT2D eigenvalue weighted by molar-refractivity contribution is -0.138. The molecule has 4 heterocycles. The smallest absolute Gasteiger partial charge is 0.389 e. The van der Waals surface area contributed by atoms with Crippen LogP contribution in [0.5, 0.6) is 0 Å². The molecular weight excluding hydrogens is 441 g/mol. The van der Waals surface area contributed by atoms with Crippen molar-refractivity contribution in [1.82, 2.24) is 19.9 Å². The maximum absolute atomic E-state index is 12.6. The molecule has 1 aliphatic rings. The largest absolute Gasteiger partial charge is 0.419 e. The minimum Gasteiger partial charge on any atom is -0.389 e. The molecule has 13 heteroatoms. The number of amides is 1. The Morgan fingerprint density at radius 1 is 1.30 bits per heavy atom. The maximum atomic E-state index is 12.6. The number of hydrogen-bond acceptors (Lipinski definition) is 9. The first-order valence-corrected chi connectivity index (χ1v) is 10.4. The predicted molar refractivity (Wildman–Crippen MR) is 105 cm³/mol. The molecule has 0 aromatic carbocycles. The lowest BCUT2D eigenvalue weighted by atomic mass is 10.00. The van der Waals surface area contributed by atoms with Crippen LogP contribution < -0.4 is 10.2 Å². The molecule has 0 saturated carbocycles. The summed E-state index contributed by atoms with van der Waals surface area (Å²) in [4.78, 5) is 31.0. The van der Waals surface area contributed by atoms with E-state index in [9.17, 15) is 23.1 Å². The summed E-state index contributed by atoms with van der Waals surface area (Å²) in [6.45, 7) is 2.31. The normalized spacial score (nSPS) is 14.6. The van der Waals surface area contributed by atoms with Crippen LogP contribution in [0.3, 0.4) is 0 Å². The molecule has 4 rings (SSSR count). The number of thiazole rings is 2. The molecule has 158 valence electrons. The van der Waals surface area contributed by atoms with Gasteiger partial charge in [0.25, 0.3) is 0 Å². The van der Waals surface area contributed by atoms with Gasteiger partial charge in [-0.25, -0.2) is 19.9 Å². The summed E-state index contributed by atoms with van der Waals surface area (Å²) in [5.74, 6) is -0.408. The third-order valence-corrected chi connectivity index (χ3v) is 6.37. The molecule has 0 unspecified atom stereocenters. The van der Waals surface area contributed by atoms with E-state index >= 15 is 0 Å². The van der Waals surface area contributed by atoms with Crippen LogP contribution in [0.2, 0.25) is 0 Å². The SMILES string of the molecule is Cc1nc(CO)sc1-c1csc(NC(=O)C2CN(c3ncc(C(F)(F)F)cn3)C2)n1. The zero-order valence-corrected chi connectivity index (χ0v) is 17.1. The Bertz CT molecular complexity index is 1060. The Balaban J connectivity index is 1.34. The Morgan fingerprint density at radius 2 is 2.00 bits per heavy atom. The van der Waals surface area contributed by atoms with Crippen LogP contribution in [0.1, 0.15) is 16.3 Å². The number of aryl methyl sites for hydroxylation is 1. The van der Waals surface area contributed by atoms with Crippen LogP contribution in [0.4, 0.5) is 24.3 Å². The van der Waals surface area contributed by atoms with E-state index in [4.69, 9.17) is 0 Å². The first-order chi connectivity index (χ1) is 14.2. The first kappa shape index (κ1) is 20.6. The molecule has 1 saturated heterocycles. The number of carbonyl (C=O) groups is 1. The van der Waals surface area contributed by atoms with Crippen molar-refractivity contribution < 1.29 is 23.1 Å². The van der Waals surface area contributed by atoms with Gasteiger partial charge in [0.15, 0.2) is 5.13 Å². The van der Waals surface area contributed by atoms with Crippen molar-refractivity contribution in [3.63, 3.8) is 0 Å². The van der Waals surface area contributed by atoms with Crippen LogP contribution >= 0.6 is 22.7 Å². The minimum absolute atomic E-state index is 0.139. The van der Waals surface area contributed by atoms with Crippen molar-refractivity contribution in [1.29, 1.82) is 0 Å². The van der Waals surface area contributed by atoms with Gasteiger partial charge >= 0.3 is 6.18 Å². The van der Waals surface area contributed by atoms with Crippen LogP contribution in [0.15, 0.2) is 17.8 Å². The molecule has 30 heavy (non-hydrogen) atoms. The average Bonchev–Trinajstić information content (AvgIpc) is 3.26. The molecule has 3 aromatic rings. The van der Waals surface area contributed by atoms with E-state index in [0.29, 0.717) is 28.9 Å². The van der Waals surface area contributed by atoms with Gasteiger partial charge in [-0.1, -0.05) is 0 Å². The van der Waals surface area contributed by atoms with Crippen molar-refractivity contribution in [3.05, 3.63) is 34.0 Å². The average molecular weight is 456 g/mol. The second-order valence-electron chi connectivity index (χ2n) is 6.58.